The van der Waals surface area contributed by atoms with Gasteiger partial charge in [0.1, 0.15) is 12.2 Å². The molecule has 0 fully saturated rings. The van der Waals surface area contributed by atoms with Crippen molar-refractivity contribution in [1.29, 1.82) is 0 Å². The zero-order valence-corrected chi connectivity index (χ0v) is 22.4. The molecule has 182 valence electrons. The Kier molecular flexibility index (Phi) is 9.55. The first-order valence-electron chi connectivity index (χ1n) is 11.4. The van der Waals surface area contributed by atoms with Gasteiger partial charge in [0.05, 0.1) is 20.8 Å². The van der Waals surface area contributed by atoms with Crippen LogP contribution in [0.1, 0.15) is 29.4 Å². The molecule has 0 saturated heterocycles. The second-order valence-electron chi connectivity index (χ2n) is 7.99. The molecular weight excluding hydrogens is 543 g/mol. The van der Waals surface area contributed by atoms with Crippen LogP contribution in [0.5, 0.6) is 11.5 Å². The van der Waals surface area contributed by atoms with E-state index >= 15 is 0 Å². The minimum atomic E-state index is 0. The zero-order chi connectivity index (χ0) is 23.0. The third-order valence-electron chi connectivity index (χ3n) is 5.92. The van der Waals surface area contributed by atoms with Crippen molar-refractivity contribution in [2.24, 2.45) is 4.99 Å². The molecule has 1 N–H and O–H groups in total. The smallest absolute Gasteiger partial charge is 0.194 e. The summed E-state index contributed by atoms with van der Waals surface area (Å²) in [4.78, 5) is 7.27. The van der Waals surface area contributed by atoms with Gasteiger partial charge in [-0.05, 0) is 35.2 Å². The summed E-state index contributed by atoms with van der Waals surface area (Å²) >= 11 is 0. The number of guanidine groups is 1. The van der Waals surface area contributed by atoms with Crippen LogP contribution in [0.4, 0.5) is 0 Å². The number of aryl methyl sites for hydroxylation is 1. The lowest BCUT2D eigenvalue weighted by Gasteiger charge is -2.32. The third-order valence-corrected chi connectivity index (χ3v) is 5.92. The largest absolute Gasteiger partial charge is 0.493 e. The normalized spacial score (nSPS) is 13.1. The van der Waals surface area contributed by atoms with Gasteiger partial charge in [0.2, 0.25) is 0 Å². The molecule has 0 spiro atoms. The van der Waals surface area contributed by atoms with E-state index < -0.39 is 0 Å². The van der Waals surface area contributed by atoms with Crippen LogP contribution < -0.4 is 14.8 Å². The number of fused-ring (bicyclic) bond motifs is 1. The Labute approximate surface area is 218 Å². The highest BCUT2D eigenvalue weighted by molar-refractivity contribution is 14.0. The second-order valence-corrected chi connectivity index (χ2v) is 7.99. The number of nitrogens with one attached hydrogen (secondary N) is 1. The van der Waals surface area contributed by atoms with Crippen LogP contribution in [0.25, 0.3) is 0 Å². The van der Waals surface area contributed by atoms with Gasteiger partial charge in [-0.1, -0.05) is 37.3 Å². The van der Waals surface area contributed by atoms with E-state index in [1.165, 1.54) is 16.7 Å². The van der Waals surface area contributed by atoms with Crippen molar-refractivity contribution in [1.82, 2.24) is 25.0 Å². The van der Waals surface area contributed by atoms with Gasteiger partial charge in [0, 0.05) is 32.6 Å². The highest BCUT2D eigenvalue weighted by Gasteiger charge is 2.22. The van der Waals surface area contributed by atoms with E-state index in [1.807, 2.05) is 18.2 Å². The van der Waals surface area contributed by atoms with Gasteiger partial charge in [-0.2, -0.15) is 0 Å². The van der Waals surface area contributed by atoms with Crippen LogP contribution in [0.15, 0.2) is 53.8 Å². The Bertz CT molecular complexity index is 1090. The minimum absolute atomic E-state index is 0. The summed E-state index contributed by atoms with van der Waals surface area (Å²) in [6, 6.07) is 14.5. The van der Waals surface area contributed by atoms with Crippen molar-refractivity contribution in [2.75, 3.05) is 27.3 Å². The molecule has 0 atom stereocenters. The molecule has 0 bridgehead atoms. The standard InChI is InChI=1S/C25H32N6O2.HI/c1-4-24-29-28-18-31(24)13-11-26-25(27-16-19-8-6-5-7-9-19)30-12-10-20-14-22(32-2)23(33-3)15-21(20)17-30;/h5-9,14-15,18H,4,10-13,16-17H2,1-3H3,(H,26,27);1H. The zero-order valence-electron chi connectivity index (χ0n) is 20.0. The first-order chi connectivity index (χ1) is 16.2. The van der Waals surface area contributed by atoms with E-state index in [0.717, 1.165) is 62.3 Å². The maximum atomic E-state index is 5.53. The number of aromatic nitrogens is 3. The number of nitrogens with zero attached hydrogens (tertiary/aromatic N) is 5. The maximum absolute atomic E-state index is 5.53. The van der Waals surface area contributed by atoms with E-state index in [9.17, 15) is 0 Å². The lowest BCUT2D eigenvalue weighted by molar-refractivity contribution is 0.345. The van der Waals surface area contributed by atoms with Crippen molar-refractivity contribution in [3.63, 3.8) is 0 Å². The van der Waals surface area contributed by atoms with Crippen LogP contribution in [0, 0.1) is 0 Å². The molecule has 34 heavy (non-hydrogen) atoms. The summed E-state index contributed by atoms with van der Waals surface area (Å²) in [5, 5.41) is 11.8. The Hall–Kier alpha value is -2.82. The fraction of sp³-hybridized carbons (Fsp3) is 0.400. The van der Waals surface area contributed by atoms with Crippen LogP contribution in [0.2, 0.25) is 0 Å². The molecule has 4 rings (SSSR count). The number of aliphatic imine (C=N–C) groups is 1. The number of halogens is 1. The van der Waals surface area contributed by atoms with Crippen molar-refractivity contribution in [2.45, 2.75) is 39.4 Å². The van der Waals surface area contributed by atoms with Crippen molar-refractivity contribution >= 4 is 29.9 Å². The molecule has 9 heteroatoms. The predicted molar refractivity (Wildman–Crippen MR) is 144 cm³/mol. The molecule has 2 heterocycles. The van der Waals surface area contributed by atoms with E-state index in [1.54, 1.807) is 20.5 Å². The van der Waals surface area contributed by atoms with E-state index in [4.69, 9.17) is 14.5 Å². The molecule has 0 unspecified atom stereocenters. The quantitative estimate of drug-likeness (QED) is 0.251. The van der Waals surface area contributed by atoms with Crippen LogP contribution in [0.3, 0.4) is 0 Å². The first-order valence-corrected chi connectivity index (χ1v) is 11.4. The maximum Gasteiger partial charge on any atom is 0.194 e. The average molecular weight is 576 g/mol. The molecule has 1 aliphatic heterocycles. The van der Waals surface area contributed by atoms with Gasteiger partial charge in [0.25, 0.3) is 0 Å². The van der Waals surface area contributed by atoms with Crippen molar-refractivity contribution in [3.8, 4) is 11.5 Å². The highest BCUT2D eigenvalue weighted by Crippen LogP contribution is 2.33. The summed E-state index contributed by atoms with van der Waals surface area (Å²) in [6.45, 7) is 5.91. The second kappa shape index (κ2) is 12.6. The predicted octanol–water partition coefficient (Wildman–Crippen LogP) is 3.68. The number of hydrogen-bond acceptors (Lipinski definition) is 5. The van der Waals surface area contributed by atoms with E-state index in [2.05, 4.69) is 56.2 Å². The van der Waals surface area contributed by atoms with Gasteiger partial charge >= 0.3 is 0 Å². The molecule has 0 saturated carbocycles. The Morgan fingerprint density at radius 3 is 2.53 bits per heavy atom. The van der Waals surface area contributed by atoms with Gasteiger partial charge < -0.3 is 24.3 Å². The Morgan fingerprint density at radius 1 is 1.09 bits per heavy atom. The summed E-state index contributed by atoms with van der Waals surface area (Å²) < 4.78 is 13.1. The van der Waals surface area contributed by atoms with Gasteiger partial charge in [-0.15, -0.1) is 34.2 Å². The molecule has 1 aliphatic rings. The molecular formula is C25H33IN6O2. The lowest BCUT2D eigenvalue weighted by atomic mass is 9.99. The van der Waals surface area contributed by atoms with Crippen molar-refractivity contribution < 1.29 is 9.47 Å². The molecule has 8 nitrogen and oxygen atoms in total. The number of ether oxygens (including phenoxy) is 2. The Balaban J connectivity index is 0.00000324. The first kappa shape index (κ1) is 25.8. The SMILES string of the molecule is CCc1nncn1CCNC(=NCc1ccccc1)N1CCc2cc(OC)c(OC)cc2C1.I. The minimum Gasteiger partial charge on any atom is -0.493 e. The number of hydrogen-bond donors (Lipinski definition) is 1. The third kappa shape index (κ3) is 6.19. The molecule has 3 aromatic rings. The molecule has 0 radical (unpaired) electrons. The van der Waals surface area contributed by atoms with Crippen LogP contribution in [-0.2, 0) is 32.5 Å². The summed E-state index contributed by atoms with van der Waals surface area (Å²) in [6.07, 6.45) is 3.58. The van der Waals surface area contributed by atoms with Gasteiger partial charge in [-0.25, -0.2) is 4.99 Å². The summed E-state index contributed by atoms with van der Waals surface area (Å²) in [5.41, 5.74) is 3.72. The van der Waals surface area contributed by atoms with Gasteiger partial charge in [0.15, 0.2) is 17.5 Å². The Morgan fingerprint density at radius 2 is 1.82 bits per heavy atom. The van der Waals surface area contributed by atoms with E-state index in [0.29, 0.717) is 6.54 Å². The van der Waals surface area contributed by atoms with E-state index in [-0.39, 0.29) is 24.0 Å². The topological polar surface area (TPSA) is 76.8 Å². The summed E-state index contributed by atoms with van der Waals surface area (Å²) in [7, 11) is 3.35. The number of methoxy groups -OCH3 is 2. The fourth-order valence-corrected chi connectivity index (χ4v) is 4.11. The molecule has 0 amide bonds. The fourth-order valence-electron chi connectivity index (χ4n) is 4.11. The van der Waals surface area contributed by atoms with Gasteiger partial charge in [-0.3, -0.25) is 0 Å². The molecule has 2 aromatic carbocycles. The molecule has 1 aromatic heterocycles. The van der Waals surface area contributed by atoms with Crippen LogP contribution >= 0.6 is 24.0 Å². The number of rotatable bonds is 8. The van der Waals surface area contributed by atoms with Crippen molar-refractivity contribution in [3.05, 3.63) is 71.3 Å². The van der Waals surface area contributed by atoms with Crippen LogP contribution in [-0.4, -0.2) is 52.9 Å². The molecule has 0 aliphatic carbocycles. The average Bonchev–Trinajstić information content (AvgIpc) is 3.33. The highest BCUT2D eigenvalue weighted by atomic mass is 127. The lowest BCUT2D eigenvalue weighted by Crippen LogP contribution is -2.45. The number of benzene rings is 2. The summed E-state index contributed by atoms with van der Waals surface area (Å²) in [5.74, 6) is 3.44. The monoisotopic (exact) mass is 576 g/mol.